The fraction of sp³-hybridized carbons (Fsp3) is 0.400. The van der Waals surface area contributed by atoms with Crippen LogP contribution in [-0.2, 0) is 19.5 Å². The number of nitrogens with zero attached hydrogens (tertiary/aromatic N) is 4. The molecule has 0 unspecified atom stereocenters. The van der Waals surface area contributed by atoms with Gasteiger partial charge in [-0.05, 0) is 51.0 Å². The molecule has 1 aliphatic heterocycles. The molecule has 0 radical (unpaired) electrons. The summed E-state index contributed by atoms with van der Waals surface area (Å²) in [5.74, 6) is 2.07. The van der Waals surface area contributed by atoms with Gasteiger partial charge in [0.25, 0.3) is 0 Å². The third-order valence-corrected chi connectivity index (χ3v) is 4.79. The average Bonchev–Trinajstić information content (AvgIpc) is 3.24. The van der Waals surface area contributed by atoms with Crippen LogP contribution in [0.5, 0.6) is 5.75 Å². The summed E-state index contributed by atoms with van der Waals surface area (Å²) in [6.07, 6.45) is 9.75. The number of imidazole rings is 2. The summed E-state index contributed by atoms with van der Waals surface area (Å²) in [5, 5.41) is 0. The van der Waals surface area contributed by atoms with E-state index in [4.69, 9.17) is 4.74 Å². The summed E-state index contributed by atoms with van der Waals surface area (Å²) in [7, 11) is 0. The highest BCUT2D eigenvalue weighted by atomic mass is 35.5. The van der Waals surface area contributed by atoms with Gasteiger partial charge in [0, 0.05) is 37.5 Å². The van der Waals surface area contributed by atoms with Crippen LogP contribution in [0, 0.1) is 6.92 Å². The smallest absolute Gasteiger partial charge is 0.123 e. The Morgan fingerprint density at radius 1 is 1.19 bits per heavy atom. The van der Waals surface area contributed by atoms with Crippen LogP contribution in [0.15, 0.2) is 43.1 Å². The number of hydrogen-bond donors (Lipinski definition) is 0. The Hall–Kier alpha value is -2.27. The predicted molar refractivity (Wildman–Crippen MR) is 105 cm³/mol. The van der Waals surface area contributed by atoms with Crippen LogP contribution < -0.4 is 4.74 Å². The molecule has 0 spiro atoms. The molecule has 26 heavy (non-hydrogen) atoms. The van der Waals surface area contributed by atoms with Gasteiger partial charge in [-0.3, -0.25) is 0 Å². The predicted octanol–water partition coefficient (Wildman–Crippen LogP) is 4.28. The van der Waals surface area contributed by atoms with Crippen molar-refractivity contribution in [3.05, 3.63) is 54.5 Å². The number of benzene rings is 1. The molecule has 3 aromatic rings. The van der Waals surface area contributed by atoms with E-state index in [0.717, 1.165) is 43.2 Å². The van der Waals surface area contributed by atoms with Crippen molar-refractivity contribution in [2.24, 2.45) is 0 Å². The summed E-state index contributed by atoms with van der Waals surface area (Å²) in [4.78, 5) is 8.64. The Morgan fingerprint density at radius 3 is 2.77 bits per heavy atom. The van der Waals surface area contributed by atoms with Crippen molar-refractivity contribution in [1.29, 1.82) is 0 Å². The van der Waals surface area contributed by atoms with Crippen LogP contribution >= 0.6 is 12.4 Å². The lowest BCUT2D eigenvalue weighted by atomic mass is 9.99. The van der Waals surface area contributed by atoms with Gasteiger partial charge in [-0.2, -0.15) is 0 Å². The van der Waals surface area contributed by atoms with Crippen molar-refractivity contribution < 1.29 is 4.74 Å². The molecule has 3 heterocycles. The van der Waals surface area contributed by atoms with Crippen LogP contribution in [0.4, 0.5) is 0 Å². The number of fused-ring (bicyclic) bond motifs is 1. The summed E-state index contributed by atoms with van der Waals surface area (Å²) < 4.78 is 10.4. The molecule has 0 aliphatic carbocycles. The Kier molecular flexibility index (Phi) is 5.10. The largest absolute Gasteiger partial charge is 0.487 e. The molecular weight excluding hydrogens is 348 g/mol. The van der Waals surface area contributed by atoms with E-state index in [1.807, 2.05) is 31.8 Å². The summed E-state index contributed by atoms with van der Waals surface area (Å²) >= 11 is 0. The van der Waals surface area contributed by atoms with Gasteiger partial charge >= 0.3 is 0 Å². The topological polar surface area (TPSA) is 44.9 Å². The first kappa shape index (κ1) is 18.5. The molecule has 6 heteroatoms. The van der Waals surface area contributed by atoms with Crippen LogP contribution in [0.25, 0.3) is 11.3 Å². The maximum atomic E-state index is 5.98. The highest BCUT2D eigenvalue weighted by Gasteiger charge is 2.30. The van der Waals surface area contributed by atoms with Gasteiger partial charge in [0.1, 0.15) is 17.2 Å². The monoisotopic (exact) mass is 372 g/mol. The second-order valence-electron chi connectivity index (χ2n) is 7.35. The molecule has 0 saturated heterocycles. The molecular formula is C20H25ClN4O. The average molecular weight is 373 g/mol. The second kappa shape index (κ2) is 7.16. The number of aryl methyl sites for hydroxylation is 3. The SMILES string of the molecule is Cc1nccn1CCCn1cncc1-c1ccc2c(c1)CC(C)(C)O2.Cl. The number of aromatic nitrogens is 4. The fourth-order valence-electron chi connectivity index (χ4n) is 3.56. The first-order valence-electron chi connectivity index (χ1n) is 8.82. The molecule has 0 atom stereocenters. The summed E-state index contributed by atoms with van der Waals surface area (Å²) in [6, 6.07) is 6.47. The Morgan fingerprint density at radius 2 is 2.00 bits per heavy atom. The van der Waals surface area contributed by atoms with E-state index >= 15 is 0 Å². The van der Waals surface area contributed by atoms with E-state index in [1.54, 1.807) is 0 Å². The minimum Gasteiger partial charge on any atom is -0.487 e. The highest BCUT2D eigenvalue weighted by molar-refractivity contribution is 5.85. The fourth-order valence-corrected chi connectivity index (χ4v) is 3.56. The van der Waals surface area contributed by atoms with E-state index < -0.39 is 0 Å². The number of halogens is 1. The van der Waals surface area contributed by atoms with Gasteiger partial charge in [-0.1, -0.05) is 0 Å². The summed E-state index contributed by atoms with van der Waals surface area (Å²) in [6.45, 7) is 8.21. The molecule has 0 fully saturated rings. The van der Waals surface area contributed by atoms with Gasteiger partial charge < -0.3 is 13.9 Å². The normalized spacial score (nSPS) is 14.6. The van der Waals surface area contributed by atoms with Gasteiger partial charge in [0.2, 0.25) is 0 Å². The third kappa shape index (κ3) is 3.63. The van der Waals surface area contributed by atoms with E-state index in [1.165, 1.54) is 11.1 Å². The minimum atomic E-state index is -0.107. The number of rotatable bonds is 5. The van der Waals surface area contributed by atoms with E-state index in [2.05, 4.69) is 51.1 Å². The lowest BCUT2D eigenvalue weighted by Crippen LogP contribution is -2.24. The van der Waals surface area contributed by atoms with Gasteiger partial charge in [-0.15, -0.1) is 12.4 Å². The summed E-state index contributed by atoms with van der Waals surface area (Å²) in [5.41, 5.74) is 3.54. The van der Waals surface area contributed by atoms with Gasteiger partial charge in [-0.25, -0.2) is 9.97 Å². The van der Waals surface area contributed by atoms with Crippen molar-refractivity contribution in [2.75, 3.05) is 0 Å². The van der Waals surface area contributed by atoms with Crippen LogP contribution in [0.3, 0.4) is 0 Å². The van der Waals surface area contributed by atoms with Crippen LogP contribution in [0.1, 0.15) is 31.7 Å². The lowest BCUT2D eigenvalue weighted by molar-refractivity contribution is 0.138. The molecule has 0 saturated carbocycles. The Balaban J connectivity index is 0.00000196. The Labute approximate surface area is 160 Å². The number of ether oxygens (including phenoxy) is 1. The molecule has 0 bridgehead atoms. The first-order valence-corrected chi connectivity index (χ1v) is 8.82. The van der Waals surface area contributed by atoms with Crippen molar-refractivity contribution in [1.82, 2.24) is 19.1 Å². The van der Waals surface area contributed by atoms with E-state index in [-0.39, 0.29) is 18.0 Å². The van der Waals surface area contributed by atoms with Crippen molar-refractivity contribution in [3.63, 3.8) is 0 Å². The first-order chi connectivity index (χ1) is 12.0. The third-order valence-electron chi connectivity index (χ3n) is 4.79. The van der Waals surface area contributed by atoms with E-state index in [9.17, 15) is 0 Å². The maximum absolute atomic E-state index is 5.98. The van der Waals surface area contributed by atoms with Crippen LogP contribution in [-0.4, -0.2) is 24.7 Å². The lowest BCUT2D eigenvalue weighted by Gasteiger charge is -2.16. The maximum Gasteiger partial charge on any atom is 0.123 e. The van der Waals surface area contributed by atoms with Crippen LogP contribution in [0.2, 0.25) is 0 Å². The zero-order valence-corrected chi connectivity index (χ0v) is 16.3. The molecule has 2 aromatic heterocycles. The Bertz CT molecular complexity index is 897. The molecule has 5 nitrogen and oxygen atoms in total. The minimum absolute atomic E-state index is 0. The van der Waals surface area contributed by atoms with Crippen molar-refractivity contribution in [2.45, 2.75) is 52.3 Å². The molecule has 138 valence electrons. The zero-order chi connectivity index (χ0) is 17.4. The van der Waals surface area contributed by atoms with Gasteiger partial charge in [0.05, 0.1) is 18.2 Å². The van der Waals surface area contributed by atoms with E-state index in [0.29, 0.717) is 0 Å². The second-order valence-corrected chi connectivity index (χ2v) is 7.35. The highest BCUT2D eigenvalue weighted by Crippen LogP contribution is 2.37. The quantitative estimate of drug-likeness (QED) is 0.671. The van der Waals surface area contributed by atoms with Crippen molar-refractivity contribution in [3.8, 4) is 17.0 Å². The molecule has 0 amide bonds. The molecule has 1 aromatic carbocycles. The zero-order valence-electron chi connectivity index (χ0n) is 15.5. The van der Waals surface area contributed by atoms with Gasteiger partial charge in [0.15, 0.2) is 0 Å². The number of hydrogen-bond acceptors (Lipinski definition) is 3. The standard InChI is InChI=1S/C20H24N4O.ClH/c1-15-22-7-10-23(15)8-4-9-24-14-21-13-18(24)16-5-6-19-17(11-16)12-20(2,3)25-19;/h5-7,10-11,13-14H,4,8-9,12H2,1-3H3;1H. The molecule has 0 N–H and O–H groups in total. The van der Waals surface area contributed by atoms with Crippen molar-refractivity contribution >= 4 is 12.4 Å². The molecule has 1 aliphatic rings. The molecule has 4 rings (SSSR count).